The van der Waals surface area contributed by atoms with Gasteiger partial charge in [0.1, 0.15) is 5.75 Å². The summed E-state index contributed by atoms with van der Waals surface area (Å²) in [4.78, 5) is 2.45. The summed E-state index contributed by atoms with van der Waals surface area (Å²) < 4.78 is 5.30. The van der Waals surface area contributed by atoms with Crippen LogP contribution in [0.1, 0.15) is 24.0 Å². The van der Waals surface area contributed by atoms with Gasteiger partial charge in [-0.05, 0) is 50.6 Å². The van der Waals surface area contributed by atoms with E-state index in [2.05, 4.69) is 42.4 Å². The molecule has 0 amide bonds. The second-order valence-electron chi connectivity index (χ2n) is 5.22. The van der Waals surface area contributed by atoms with Gasteiger partial charge in [-0.2, -0.15) is 0 Å². The summed E-state index contributed by atoms with van der Waals surface area (Å²) in [5.41, 5.74) is 2.58. The Morgan fingerprint density at radius 1 is 1.44 bits per heavy atom. The van der Waals surface area contributed by atoms with Crippen LogP contribution in [0, 0.1) is 6.92 Å². The van der Waals surface area contributed by atoms with E-state index in [0.717, 1.165) is 18.8 Å². The molecule has 1 heterocycles. The van der Waals surface area contributed by atoms with Crippen LogP contribution in [0.2, 0.25) is 0 Å². The van der Waals surface area contributed by atoms with Crippen molar-refractivity contribution in [2.45, 2.75) is 32.4 Å². The molecule has 3 heteroatoms. The van der Waals surface area contributed by atoms with Crippen LogP contribution in [0.4, 0.5) is 0 Å². The lowest BCUT2D eigenvalue weighted by Crippen LogP contribution is -2.43. The molecule has 3 nitrogen and oxygen atoms in total. The van der Waals surface area contributed by atoms with Crippen molar-refractivity contribution in [2.24, 2.45) is 0 Å². The number of benzene rings is 1. The minimum absolute atomic E-state index is 0.668. The number of hydrogen-bond acceptors (Lipinski definition) is 3. The SMILES string of the molecule is COc1ccc(CN(C)C2CCCNC2)cc1C. The molecule has 1 unspecified atom stereocenters. The highest BCUT2D eigenvalue weighted by atomic mass is 16.5. The smallest absolute Gasteiger partial charge is 0.121 e. The van der Waals surface area contributed by atoms with Gasteiger partial charge in [-0.15, -0.1) is 0 Å². The minimum atomic E-state index is 0.668. The minimum Gasteiger partial charge on any atom is -0.496 e. The lowest BCUT2D eigenvalue weighted by molar-refractivity contribution is 0.196. The van der Waals surface area contributed by atoms with E-state index in [1.807, 2.05) is 0 Å². The number of hydrogen-bond donors (Lipinski definition) is 1. The fourth-order valence-electron chi connectivity index (χ4n) is 2.67. The van der Waals surface area contributed by atoms with Crippen LogP contribution < -0.4 is 10.1 Å². The van der Waals surface area contributed by atoms with Gasteiger partial charge in [-0.25, -0.2) is 0 Å². The average Bonchev–Trinajstić information content (AvgIpc) is 2.40. The maximum Gasteiger partial charge on any atom is 0.121 e. The fourth-order valence-corrected chi connectivity index (χ4v) is 2.67. The molecule has 18 heavy (non-hydrogen) atoms. The van der Waals surface area contributed by atoms with Crippen LogP contribution in [0.5, 0.6) is 5.75 Å². The normalized spacial score (nSPS) is 20.1. The monoisotopic (exact) mass is 248 g/mol. The summed E-state index contributed by atoms with van der Waals surface area (Å²) in [5, 5.41) is 3.47. The zero-order valence-corrected chi connectivity index (χ0v) is 11.7. The van der Waals surface area contributed by atoms with E-state index in [1.165, 1.54) is 30.5 Å². The summed E-state index contributed by atoms with van der Waals surface area (Å²) in [7, 11) is 3.94. The first-order chi connectivity index (χ1) is 8.70. The standard InChI is InChI=1S/C15H24N2O/c1-12-9-13(6-7-15(12)18-3)11-17(2)14-5-4-8-16-10-14/h6-7,9,14,16H,4-5,8,10-11H2,1-3H3. The predicted molar refractivity (Wildman–Crippen MR) is 75.1 cm³/mol. The van der Waals surface area contributed by atoms with E-state index >= 15 is 0 Å². The molecule has 1 aromatic carbocycles. The Bertz CT molecular complexity index is 386. The average molecular weight is 248 g/mol. The highest BCUT2D eigenvalue weighted by Gasteiger charge is 2.17. The second kappa shape index (κ2) is 6.21. The van der Waals surface area contributed by atoms with Crippen molar-refractivity contribution in [2.75, 3.05) is 27.2 Å². The molecule has 1 atom stereocenters. The van der Waals surface area contributed by atoms with Crippen molar-refractivity contribution in [1.82, 2.24) is 10.2 Å². The highest BCUT2D eigenvalue weighted by Crippen LogP contribution is 2.20. The number of piperidine rings is 1. The lowest BCUT2D eigenvalue weighted by atomic mass is 10.0. The molecular formula is C15H24N2O. The quantitative estimate of drug-likeness (QED) is 0.884. The predicted octanol–water partition coefficient (Wildman–Crippen LogP) is 2.19. The number of methoxy groups -OCH3 is 1. The number of nitrogens with zero attached hydrogens (tertiary/aromatic N) is 1. The summed E-state index contributed by atoms with van der Waals surface area (Å²) >= 11 is 0. The van der Waals surface area contributed by atoms with E-state index in [4.69, 9.17) is 4.74 Å². The Morgan fingerprint density at radius 3 is 2.89 bits per heavy atom. The number of nitrogens with one attached hydrogen (secondary N) is 1. The van der Waals surface area contributed by atoms with Gasteiger partial charge < -0.3 is 10.1 Å². The maximum atomic E-state index is 5.30. The Morgan fingerprint density at radius 2 is 2.28 bits per heavy atom. The van der Waals surface area contributed by atoms with Gasteiger partial charge in [0.2, 0.25) is 0 Å². The second-order valence-corrected chi connectivity index (χ2v) is 5.22. The molecule has 2 rings (SSSR count). The van der Waals surface area contributed by atoms with Gasteiger partial charge in [-0.1, -0.05) is 12.1 Å². The topological polar surface area (TPSA) is 24.5 Å². The molecule has 1 fully saturated rings. The van der Waals surface area contributed by atoms with Crippen molar-refractivity contribution in [1.29, 1.82) is 0 Å². The Hall–Kier alpha value is -1.06. The fraction of sp³-hybridized carbons (Fsp3) is 0.600. The van der Waals surface area contributed by atoms with Crippen molar-refractivity contribution < 1.29 is 4.74 Å². The Kier molecular flexibility index (Phi) is 4.61. The number of ether oxygens (including phenoxy) is 1. The van der Waals surface area contributed by atoms with Crippen LogP contribution in [0.15, 0.2) is 18.2 Å². The first-order valence-corrected chi connectivity index (χ1v) is 6.75. The van der Waals surface area contributed by atoms with Crippen molar-refractivity contribution in [3.05, 3.63) is 29.3 Å². The molecule has 1 aliphatic rings. The zero-order valence-electron chi connectivity index (χ0n) is 11.7. The van der Waals surface area contributed by atoms with E-state index in [-0.39, 0.29) is 0 Å². The Balaban J connectivity index is 1.97. The van der Waals surface area contributed by atoms with Gasteiger partial charge >= 0.3 is 0 Å². The van der Waals surface area contributed by atoms with Gasteiger partial charge in [0.05, 0.1) is 7.11 Å². The van der Waals surface area contributed by atoms with E-state index in [9.17, 15) is 0 Å². The molecule has 1 aromatic rings. The molecule has 0 bridgehead atoms. The summed E-state index contributed by atoms with van der Waals surface area (Å²) in [5.74, 6) is 0.973. The van der Waals surface area contributed by atoms with Crippen molar-refractivity contribution in [3.63, 3.8) is 0 Å². The molecule has 0 saturated carbocycles. The molecule has 1 N–H and O–H groups in total. The largest absolute Gasteiger partial charge is 0.496 e. The maximum absolute atomic E-state index is 5.30. The van der Waals surface area contributed by atoms with Crippen LogP contribution in [-0.2, 0) is 6.54 Å². The molecule has 0 aromatic heterocycles. The van der Waals surface area contributed by atoms with Gasteiger partial charge in [0, 0.05) is 19.1 Å². The van der Waals surface area contributed by atoms with Crippen LogP contribution >= 0.6 is 0 Å². The van der Waals surface area contributed by atoms with E-state index in [1.54, 1.807) is 7.11 Å². The molecule has 0 spiro atoms. The van der Waals surface area contributed by atoms with Gasteiger partial charge in [0.15, 0.2) is 0 Å². The molecule has 100 valence electrons. The van der Waals surface area contributed by atoms with Crippen LogP contribution in [0.25, 0.3) is 0 Å². The van der Waals surface area contributed by atoms with Gasteiger partial charge in [0.25, 0.3) is 0 Å². The molecular weight excluding hydrogens is 224 g/mol. The van der Waals surface area contributed by atoms with Crippen molar-refractivity contribution >= 4 is 0 Å². The first kappa shape index (κ1) is 13.4. The summed E-state index contributed by atoms with van der Waals surface area (Å²) in [6.07, 6.45) is 2.59. The van der Waals surface area contributed by atoms with Crippen LogP contribution in [-0.4, -0.2) is 38.2 Å². The number of likely N-dealkylation sites (N-methyl/N-ethyl adjacent to an activating group) is 1. The number of aryl methyl sites for hydroxylation is 1. The Labute approximate surface area is 110 Å². The lowest BCUT2D eigenvalue weighted by Gasteiger charge is -2.31. The third-order valence-electron chi connectivity index (χ3n) is 3.79. The van der Waals surface area contributed by atoms with E-state index < -0.39 is 0 Å². The van der Waals surface area contributed by atoms with E-state index in [0.29, 0.717) is 6.04 Å². The summed E-state index contributed by atoms with van der Waals surface area (Å²) in [6, 6.07) is 7.13. The third-order valence-corrected chi connectivity index (χ3v) is 3.79. The molecule has 0 radical (unpaired) electrons. The molecule has 0 aliphatic carbocycles. The molecule has 1 saturated heterocycles. The third kappa shape index (κ3) is 3.24. The van der Waals surface area contributed by atoms with Crippen molar-refractivity contribution in [3.8, 4) is 5.75 Å². The highest BCUT2D eigenvalue weighted by molar-refractivity contribution is 5.36. The van der Waals surface area contributed by atoms with Gasteiger partial charge in [-0.3, -0.25) is 4.90 Å². The molecule has 1 aliphatic heterocycles. The first-order valence-electron chi connectivity index (χ1n) is 6.75. The summed E-state index contributed by atoms with van der Waals surface area (Å²) in [6.45, 7) is 5.40. The number of rotatable bonds is 4. The zero-order chi connectivity index (χ0) is 13.0. The van der Waals surface area contributed by atoms with Crippen LogP contribution in [0.3, 0.4) is 0 Å².